The maximum Gasteiger partial charge on any atom is 0.262 e. The van der Waals surface area contributed by atoms with Crippen molar-refractivity contribution in [1.82, 2.24) is 25.1 Å². The number of aryl methyl sites for hydroxylation is 3. The molecule has 0 saturated carbocycles. The summed E-state index contributed by atoms with van der Waals surface area (Å²) in [5, 5.41) is 3.49. The number of benzene rings is 1. The highest BCUT2D eigenvalue weighted by Crippen LogP contribution is 2.40. The van der Waals surface area contributed by atoms with Crippen LogP contribution in [0.25, 0.3) is 15.8 Å². The van der Waals surface area contributed by atoms with E-state index >= 15 is 0 Å². The molecule has 5 heterocycles. The van der Waals surface area contributed by atoms with Gasteiger partial charge in [-0.15, -0.1) is 11.3 Å². The molecule has 40 heavy (non-hydrogen) atoms. The number of fused-ring (bicyclic) bond motifs is 4. The highest BCUT2D eigenvalue weighted by atomic mass is 32.1. The van der Waals surface area contributed by atoms with Gasteiger partial charge >= 0.3 is 0 Å². The molecule has 1 atom stereocenters. The van der Waals surface area contributed by atoms with E-state index in [0.717, 1.165) is 59.2 Å². The molecule has 1 saturated heterocycles. The molecule has 2 aromatic heterocycles. The minimum Gasteiger partial charge on any atom is -0.295 e. The first kappa shape index (κ1) is 25.2. The number of carbonyl (C=O) groups excluding carboxylic acids is 4. The van der Waals surface area contributed by atoms with Gasteiger partial charge in [0.2, 0.25) is 11.8 Å². The van der Waals surface area contributed by atoms with Crippen molar-refractivity contribution in [3.63, 3.8) is 0 Å². The normalized spacial score (nSPS) is 21.5. The molecule has 1 unspecified atom stereocenters. The fourth-order valence-corrected chi connectivity index (χ4v) is 7.75. The lowest BCUT2D eigenvalue weighted by atomic mass is 9.93. The van der Waals surface area contributed by atoms with E-state index < -0.39 is 23.8 Å². The summed E-state index contributed by atoms with van der Waals surface area (Å²) in [4.78, 5) is 65.7. The average molecular weight is 556 g/mol. The topological polar surface area (TPSA) is 113 Å². The fraction of sp³-hybridized carbons (Fsp3) is 0.400. The lowest BCUT2D eigenvalue weighted by molar-refractivity contribution is -0.136. The van der Waals surface area contributed by atoms with Crippen LogP contribution in [-0.4, -0.2) is 62.5 Å². The second-order valence-corrected chi connectivity index (χ2v) is 12.1. The van der Waals surface area contributed by atoms with Gasteiger partial charge in [-0.25, -0.2) is 9.97 Å². The predicted octanol–water partition coefficient (Wildman–Crippen LogP) is 3.57. The van der Waals surface area contributed by atoms with E-state index in [1.807, 2.05) is 24.3 Å². The number of nitrogens with one attached hydrogen (secondary N) is 1. The van der Waals surface area contributed by atoms with Crippen LogP contribution in [0.1, 0.15) is 80.3 Å². The van der Waals surface area contributed by atoms with Gasteiger partial charge in [-0.1, -0.05) is 12.1 Å². The van der Waals surface area contributed by atoms with Gasteiger partial charge in [0.15, 0.2) is 0 Å². The van der Waals surface area contributed by atoms with Gasteiger partial charge < -0.3 is 0 Å². The zero-order valence-corrected chi connectivity index (χ0v) is 23.1. The summed E-state index contributed by atoms with van der Waals surface area (Å²) in [6, 6.07) is 4.38. The molecule has 0 spiro atoms. The molecule has 3 aliphatic heterocycles. The first-order valence-corrected chi connectivity index (χ1v) is 14.7. The number of rotatable bonds is 4. The quantitative estimate of drug-likeness (QED) is 0.490. The number of amides is 4. The molecular weight excluding hydrogens is 526 g/mol. The molecule has 1 fully saturated rings. The van der Waals surface area contributed by atoms with Crippen LogP contribution in [-0.2, 0) is 29.0 Å². The van der Waals surface area contributed by atoms with E-state index in [1.165, 1.54) is 34.2 Å². The molecule has 1 aromatic carbocycles. The summed E-state index contributed by atoms with van der Waals surface area (Å²) >= 11 is 1.83. The Bertz CT molecular complexity index is 1660. The number of nitrogens with zero attached hydrogens (tertiary/aromatic N) is 4. The van der Waals surface area contributed by atoms with E-state index in [2.05, 4.69) is 16.3 Å². The average Bonchev–Trinajstić information content (AvgIpc) is 3.43. The highest BCUT2D eigenvalue weighted by molar-refractivity contribution is 7.18. The SMILES string of the molecule is Cc1nc(C2=CCN(Cc3ccc4c(c3)C(=O)N(C3CCC(=O)NC3=O)C4=O)CC2)c2c3c(sc2n1)CCCC3. The maximum absolute atomic E-state index is 13.2. The van der Waals surface area contributed by atoms with Gasteiger partial charge in [0.05, 0.1) is 16.8 Å². The minimum absolute atomic E-state index is 0.106. The maximum atomic E-state index is 13.2. The lowest BCUT2D eigenvalue weighted by Crippen LogP contribution is -2.54. The van der Waals surface area contributed by atoms with Gasteiger partial charge in [0, 0.05) is 36.3 Å². The zero-order chi connectivity index (χ0) is 27.5. The number of aromatic nitrogens is 2. The van der Waals surface area contributed by atoms with Crippen LogP contribution in [0.4, 0.5) is 0 Å². The third-order valence-electron chi connectivity index (χ3n) is 8.43. The number of hydrogen-bond donors (Lipinski definition) is 1. The Balaban J connectivity index is 1.09. The predicted molar refractivity (Wildman–Crippen MR) is 150 cm³/mol. The second kappa shape index (κ2) is 9.71. The van der Waals surface area contributed by atoms with Gasteiger partial charge in [0.25, 0.3) is 11.8 Å². The molecule has 9 nitrogen and oxygen atoms in total. The molecule has 4 amide bonds. The number of thiophene rings is 1. The molecule has 10 heteroatoms. The molecule has 204 valence electrons. The Morgan fingerprint density at radius 3 is 2.62 bits per heavy atom. The Labute approximate surface area is 235 Å². The Morgan fingerprint density at radius 1 is 1.00 bits per heavy atom. The first-order valence-electron chi connectivity index (χ1n) is 13.9. The van der Waals surface area contributed by atoms with Gasteiger partial charge in [0.1, 0.15) is 16.7 Å². The molecule has 3 aromatic rings. The van der Waals surface area contributed by atoms with Crippen LogP contribution in [0.2, 0.25) is 0 Å². The van der Waals surface area contributed by atoms with Gasteiger partial charge in [-0.3, -0.25) is 34.3 Å². The summed E-state index contributed by atoms with van der Waals surface area (Å²) in [5.74, 6) is -1.12. The second-order valence-electron chi connectivity index (χ2n) is 11.1. The first-order chi connectivity index (χ1) is 19.4. The van der Waals surface area contributed by atoms with Crippen molar-refractivity contribution in [2.45, 2.75) is 64.5 Å². The van der Waals surface area contributed by atoms with E-state index in [4.69, 9.17) is 9.97 Å². The van der Waals surface area contributed by atoms with Crippen molar-refractivity contribution < 1.29 is 19.2 Å². The Morgan fingerprint density at radius 2 is 1.82 bits per heavy atom. The third-order valence-corrected chi connectivity index (χ3v) is 9.62. The van der Waals surface area contributed by atoms with Crippen molar-refractivity contribution in [3.8, 4) is 0 Å². The number of carbonyl (C=O) groups is 4. The van der Waals surface area contributed by atoms with Crippen LogP contribution < -0.4 is 5.32 Å². The molecule has 4 aliphatic rings. The van der Waals surface area contributed by atoms with Crippen LogP contribution >= 0.6 is 11.3 Å². The largest absolute Gasteiger partial charge is 0.295 e. The Hall–Kier alpha value is -3.76. The van der Waals surface area contributed by atoms with Crippen LogP contribution in [0.3, 0.4) is 0 Å². The summed E-state index contributed by atoms with van der Waals surface area (Å²) in [7, 11) is 0. The molecule has 7 rings (SSSR count). The van der Waals surface area contributed by atoms with Crippen molar-refractivity contribution in [1.29, 1.82) is 0 Å². The summed E-state index contributed by atoms with van der Waals surface area (Å²) in [5.41, 5.74) is 5.38. The number of hydrogen-bond acceptors (Lipinski definition) is 8. The van der Waals surface area contributed by atoms with Gasteiger partial charge in [-0.05, 0) is 74.3 Å². The molecule has 0 radical (unpaired) electrons. The number of piperidine rings is 1. The smallest absolute Gasteiger partial charge is 0.262 e. The molecule has 1 aliphatic carbocycles. The van der Waals surface area contributed by atoms with E-state index in [-0.39, 0.29) is 18.7 Å². The van der Waals surface area contributed by atoms with Crippen molar-refractivity contribution >= 4 is 50.8 Å². The van der Waals surface area contributed by atoms with Crippen molar-refractivity contribution in [3.05, 3.63) is 62.9 Å². The summed E-state index contributed by atoms with van der Waals surface area (Å²) in [6.45, 7) is 4.23. The fourth-order valence-electron chi connectivity index (χ4n) is 6.44. The monoisotopic (exact) mass is 555 g/mol. The van der Waals surface area contributed by atoms with Crippen molar-refractivity contribution in [2.24, 2.45) is 0 Å². The summed E-state index contributed by atoms with van der Waals surface area (Å²) in [6.07, 6.45) is 8.12. The van der Waals surface area contributed by atoms with E-state index in [0.29, 0.717) is 17.7 Å². The minimum atomic E-state index is -0.954. The highest BCUT2D eigenvalue weighted by Gasteiger charge is 2.44. The standard InChI is InChI=1S/C30H29N5O4S/c1-16-31-26(25-20-4-2-3-5-23(20)40-28(25)32-16)18-10-12-34(13-11-18)15-17-6-7-19-21(14-17)30(39)35(29(19)38)22-8-9-24(36)33-27(22)37/h6-7,10,14,22H,2-5,8-9,11-13,15H2,1H3,(H,33,36,37). The lowest BCUT2D eigenvalue weighted by Gasteiger charge is -2.27. The molecule has 1 N–H and O–H groups in total. The van der Waals surface area contributed by atoms with Gasteiger partial charge in [-0.2, -0.15) is 0 Å². The molecule has 0 bridgehead atoms. The number of imide groups is 2. The zero-order valence-electron chi connectivity index (χ0n) is 22.3. The van der Waals surface area contributed by atoms with Crippen LogP contribution in [0, 0.1) is 6.92 Å². The van der Waals surface area contributed by atoms with E-state index in [9.17, 15) is 19.2 Å². The summed E-state index contributed by atoms with van der Waals surface area (Å²) < 4.78 is 0. The molecular formula is C30H29N5O4S. The van der Waals surface area contributed by atoms with Crippen LogP contribution in [0.5, 0.6) is 0 Å². The van der Waals surface area contributed by atoms with Crippen molar-refractivity contribution in [2.75, 3.05) is 13.1 Å². The third kappa shape index (κ3) is 4.17. The van der Waals surface area contributed by atoms with Crippen LogP contribution in [0.15, 0.2) is 24.3 Å². The van der Waals surface area contributed by atoms with E-state index in [1.54, 1.807) is 12.1 Å². The Kier molecular flexibility index (Phi) is 6.12.